The highest BCUT2D eigenvalue weighted by molar-refractivity contribution is 5.97. The summed E-state index contributed by atoms with van der Waals surface area (Å²) in [5.74, 6) is -0.0472. The monoisotopic (exact) mass is 365 g/mol. The molecule has 0 saturated carbocycles. The summed E-state index contributed by atoms with van der Waals surface area (Å²) in [6, 6.07) is 4.74. The van der Waals surface area contributed by atoms with Crippen LogP contribution in [0.1, 0.15) is 36.8 Å². The number of amidine groups is 1. The third-order valence-electron chi connectivity index (χ3n) is 3.81. The molecule has 1 aliphatic heterocycles. The molecule has 1 aromatic carbocycles. The van der Waals surface area contributed by atoms with Crippen LogP contribution in [0.15, 0.2) is 29.4 Å². The first kappa shape index (κ1) is 20.6. The van der Waals surface area contributed by atoms with Crippen LogP contribution in [0.4, 0.5) is 13.2 Å². The minimum absolute atomic E-state index is 0. The first-order chi connectivity index (χ1) is 11.0. The molecule has 1 fully saturated rings. The van der Waals surface area contributed by atoms with Crippen LogP contribution >= 0.6 is 12.4 Å². The van der Waals surface area contributed by atoms with Crippen LogP contribution < -0.4 is 5.73 Å². The lowest BCUT2D eigenvalue weighted by atomic mass is 10.1. The molecule has 1 heterocycles. The predicted octanol–water partition coefficient (Wildman–Crippen LogP) is 3.64. The molecule has 2 N–H and O–H groups in total. The van der Waals surface area contributed by atoms with Gasteiger partial charge in [0.05, 0.1) is 5.56 Å². The lowest BCUT2D eigenvalue weighted by Gasteiger charge is -2.25. The van der Waals surface area contributed by atoms with E-state index in [0.717, 1.165) is 38.2 Å². The Morgan fingerprint density at radius 1 is 1.21 bits per heavy atom. The number of piperidine rings is 1. The standard InChI is InChI=1S/C16H22F3N3O.ClH/c17-16(18,19)14-7-4-6-13(12-14)15(20)21-23-11-5-10-22-8-2-1-3-9-22;/h4,6-7,12H,1-3,5,8-11H2,(H2,20,21);1H. The Balaban J connectivity index is 0.00000288. The second-order valence-corrected chi connectivity index (χ2v) is 5.64. The van der Waals surface area contributed by atoms with Gasteiger partial charge in [0.25, 0.3) is 0 Å². The molecule has 136 valence electrons. The van der Waals surface area contributed by atoms with Gasteiger partial charge in [-0.25, -0.2) is 0 Å². The first-order valence-electron chi connectivity index (χ1n) is 7.82. The van der Waals surface area contributed by atoms with Gasteiger partial charge < -0.3 is 15.5 Å². The summed E-state index contributed by atoms with van der Waals surface area (Å²) in [7, 11) is 0. The van der Waals surface area contributed by atoms with Crippen molar-refractivity contribution in [3.63, 3.8) is 0 Å². The van der Waals surface area contributed by atoms with Crippen LogP contribution in [-0.2, 0) is 11.0 Å². The molecule has 8 heteroatoms. The molecule has 0 unspecified atom stereocenters. The van der Waals surface area contributed by atoms with Gasteiger partial charge in [-0.15, -0.1) is 12.4 Å². The average molecular weight is 366 g/mol. The number of alkyl halides is 3. The van der Waals surface area contributed by atoms with Crippen molar-refractivity contribution in [2.24, 2.45) is 10.9 Å². The normalized spacial score (nSPS) is 16.5. The fourth-order valence-corrected chi connectivity index (χ4v) is 2.56. The zero-order chi connectivity index (χ0) is 16.7. The van der Waals surface area contributed by atoms with E-state index in [4.69, 9.17) is 10.6 Å². The molecule has 0 aromatic heterocycles. The Hall–Kier alpha value is -1.47. The molecule has 24 heavy (non-hydrogen) atoms. The number of rotatable bonds is 6. The highest BCUT2D eigenvalue weighted by atomic mass is 35.5. The topological polar surface area (TPSA) is 50.9 Å². The van der Waals surface area contributed by atoms with Crippen molar-refractivity contribution in [1.29, 1.82) is 0 Å². The van der Waals surface area contributed by atoms with E-state index in [1.807, 2.05) is 0 Å². The quantitative estimate of drug-likeness (QED) is 0.362. The number of likely N-dealkylation sites (tertiary alicyclic amines) is 1. The van der Waals surface area contributed by atoms with Gasteiger partial charge in [0.2, 0.25) is 0 Å². The number of halogens is 4. The van der Waals surface area contributed by atoms with Gasteiger partial charge in [-0.3, -0.25) is 0 Å². The van der Waals surface area contributed by atoms with Crippen LogP contribution in [0.3, 0.4) is 0 Å². The average Bonchev–Trinajstić information content (AvgIpc) is 2.54. The molecule has 1 aliphatic rings. The number of benzene rings is 1. The zero-order valence-corrected chi connectivity index (χ0v) is 14.2. The summed E-state index contributed by atoms with van der Waals surface area (Å²) in [6.45, 7) is 3.58. The van der Waals surface area contributed by atoms with Crippen molar-refractivity contribution >= 4 is 18.2 Å². The molecule has 0 spiro atoms. The van der Waals surface area contributed by atoms with Gasteiger partial charge in [0, 0.05) is 12.1 Å². The Bertz CT molecular complexity index is 532. The molecule has 0 atom stereocenters. The van der Waals surface area contributed by atoms with Gasteiger partial charge in [-0.1, -0.05) is 23.7 Å². The largest absolute Gasteiger partial charge is 0.416 e. The smallest absolute Gasteiger partial charge is 0.394 e. The van der Waals surface area contributed by atoms with E-state index in [9.17, 15) is 13.2 Å². The number of hydrogen-bond acceptors (Lipinski definition) is 3. The number of nitrogens with two attached hydrogens (primary N) is 1. The number of nitrogens with zero attached hydrogens (tertiary/aromatic N) is 2. The van der Waals surface area contributed by atoms with E-state index in [1.165, 1.54) is 31.4 Å². The predicted molar refractivity (Wildman–Crippen MR) is 90.3 cm³/mol. The van der Waals surface area contributed by atoms with E-state index in [1.54, 1.807) is 0 Å². The Labute approximate surface area is 146 Å². The molecule has 4 nitrogen and oxygen atoms in total. The minimum Gasteiger partial charge on any atom is -0.394 e. The van der Waals surface area contributed by atoms with Crippen molar-refractivity contribution in [3.05, 3.63) is 35.4 Å². The van der Waals surface area contributed by atoms with E-state index < -0.39 is 11.7 Å². The van der Waals surface area contributed by atoms with Crippen molar-refractivity contribution in [2.45, 2.75) is 31.9 Å². The molecule has 0 amide bonds. The number of oxime groups is 1. The molecular formula is C16H23ClF3N3O. The summed E-state index contributed by atoms with van der Waals surface area (Å²) in [5, 5.41) is 3.71. The van der Waals surface area contributed by atoms with E-state index in [0.29, 0.717) is 6.61 Å². The first-order valence-corrected chi connectivity index (χ1v) is 7.82. The van der Waals surface area contributed by atoms with E-state index in [-0.39, 0.29) is 23.8 Å². The van der Waals surface area contributed by atoms with Gasteiger partial charge in [-0.05, 0) is 44.5 Å². The molecule has 1 saturated heterocycles. The molecule has 2 rings (SSSR count). The Morgan fingerprint density at radius 2 is 1.92 bits per heavy atom. The fourth-order valence-electron chi connectivity index (χ4n) is 2.56. The third kappa shape index (κ3) is 6.57. The maximum Gasteiger partial charge on any atom is 0.416 e. The minimum atomic E-state index is -4.40. The molecule has 0 aliphatic carbocycles. The summed E-state index contributed by atoms with van der Waals surface area (Å²) < 4.78 is 37.9. The number of hydrogen-bond donors (Lipinski definition) is 1. The summed E-state index contributed by atoms with van der Waals surface area (Å²) >= 11 is 0. The van der Waals surface area contributed by atoms with E-state index in [2.05, 4.69) is 10.1 Å². The van der Waals surface area contributed by atoms with E-state index >= 15 is 0 Å². The van der Waals surface area contributed by atoms with Gasteiger partial charge in [0.15, 0.2) is 5.84 Å². The summed E-state index contributed by atoms with van der Waals surface area (Å²) in [4.78, 5) is 7.50. The molecular weight excluding hydrogens is 343 g/mol. The summed E-state index contributed by atoms with van der Waals surface area (Å²) in [5.41, 5.74) is 5.13. The SMILES string of the molecule is Cl.N/C(=N\OCCCN1CCCCC1)c1cccc(C(F)(F)F)c1. The van der Waals surface area contributed by atoms with Crippen LogP contribution in [0.25, 0.3) is 0 Å². The lowest BCUT2D eigenvalue weighted by molar-refractivity contribution is -0.137. The highest BCUT2D eigenvalue weighted by Crippen LogP contribution is 2.29. The third-order valence-corrected chi connectivity index (χ3v) is 3.81. The maximum atomic E-state index is 12.6. The second kappa shape index (κ2) is 9.74. The van der Waals surface area contributed by atoms with Crippen LogP contribution in [0.5, 0.6) is 0 Å². The van der Waals surface area contributed by atoms with Gasteiger partial charge >= 0.3 is 6.18 Å². The van der Waals surface area contributed by atoms with Crippen molar-refractivity contribution in [3.8, 4) is 0 Å². The fraction of sp³-hybridized carbons (Fsp3) is 0.562. The summed E-state index contributed by atoms with van der Waals surface area (Å²) in [6.07, 6.45) is 0.193. The highest BCUT2D eigenvalue weighted by Gasteiger charge is 2.30. The molecule has 0 bridgehead atoms. The zero-order valence-electron chi connectivity index (χ0n) is 13.4. The van der Waals surface area contributed by atoms with Crippen LogP contribution in [-0.4, -0.2) is 37.0 Å². The van der Waals surface area contributed by atoms with Crippen LogP contribution in [0.2, 0.25) is 0 Å². The van der Waals surface area contributed by atoms with Crippen molar-refractivity contribution in [1.82, 2.24) is 4.90 Å². The Kier molecular flexibility index (Phi) is 8.35. The van der Waals surface area contributed by atoms with Gasteiger partial charge in [0.1, 0.15) is 6.61 Å². The van der Waals surface area contributed by atoms with Crippen molar-refractivity contribution in [2.75, 3.05) is 26.2 Å². The second-order valence-electron chi connectivity index (χ2n) is 5.64. The molecule has 1 aromatic rings. The van der Waals surface area contributed by atoms with Gasteiger partial charge in [-0.2, -0.15) is 13.2 Å². The van der Waals surface area contributed by atoms with Crippen molar-refractivity contribution < 1.29 is 18.0 Å². The maximum absolute atomic E-state index is 12.6. The lowest BCUT2D eigenvalue weighted by Crippen LogP contribution is -2.31. The molecule has 0 radical (unpaired) electrons. The Morgan fingerprint density at radius 3 is 2.58 bits per heavy atom. The van der Waals surface area contributed by atoms with Crippen LogP contribution in [0, 0.1) is 0 Å².